The van der Waals surface area contributed by atoms with Crippen LogP contribution in [0.1, 0.15) is 32.4 Å². The summed E-state index contributed by atoms with van der Waals surface area (Å²) in [5.74, 6) is 0.578. The number of carbonyl (C=O) groups is 1. The summed E-state index contributed by atoms with van der Waals surface area (Å²) < 4.78 is 5.40. The van der Waals surface area contributed by atoms with Crippen LogP contribution in [-0.4, -0.2) is 35.6 Å². The summed E-state index contributed by atoms with van der Waals surface area (Å²) >= 11 is 0. The molecule has 1 aromatic rings. The van der Waals surface area contributed by atoms with E-state index in [-0.39, 0.29) is 18.6 Å². The van der Waals surface area contributed by atoms with E-state index in [4.69, 9.17) is 4.74 Å². The largest absolute Gasteiger partial charge is 0.484 e. The van der Waals surface area contributed by atoms with E-state index < -0.39 is 6.10 Å². The summed E-state index contributed by atoms with van der Waals surface area (Å²) in [6, 6.07) is 7.25. The molecule has 1 aromatic carbocycles. The van der Waals surface area contributed by atoms with E-state index in [0.717, 1.165) is 5.56 Å². The Morgan fingerprint density at radius 3 is 2.28 bits per heavy atom. The van der Waals surface area contributed by atoms with Crippen LogP contribution in [0.4, 0.5) is 0 Å². The highest BCUT2D eigenvalue weighted by Gasteiger charge is 2.12. The Morgan fingerprint density at radius 2 is 1.83 bits per heavy atom. The van der Waals surface area contributed by atoms with Gasteiger partial charge in [0.2, 0.25) is 0 Å². The van der Waals surface area contributed by atoms with Gasteiger partial charge in [0.1, 0.15) is 5.75 Å². The fourth-order valence-electron chi connectivity index (χ4n) is 1.38. The molecule has 0 bridgehead atoms. The smallest absolute Gasteiger partial charge is 0.260 e. The summed E-state index contributed by atoms with van der Waals surface area (Å²) in [6.07, 6.45) is -0.493. The number of hydrogen-bond acceptors (Lipinski definition) is 3. The molecule has 0 fully saturated rings. The van der Waals surface area contributed by atoms with Gasteiger partial charge in [0, 0.05) is 13.1 Å². The summed E-state index contributed by atoms with van der Waals surface area (Å²) in [5.41, 5.74) is 0.827. The van der Waals surface area contributed by atoms with Gasteiger partial charge in [-0.3, -0.25) is 4.79 Å². The van der Waals surface area contributed by atoms with Crippen molar-refractivity contribution in [3.63, 3.8) is 0 Å². The zero-order valence-corrected chi connectivity index (χ0v) is 11.4. The van der Waals surface area contributed by atoms with Crippen molar-refractivity contribution >= 4 is 5.91 Å². The molecule has 0 saturated heterocycles. The number of amides is 1. The van der Waals surface area contributed by atoms with Crippen molar-refractivity contribution in [1.29, 1.82) is 0 Å². The maximum Gasteiger partial charge on any atom is 0.260 e. The normalized spacial score (nSPS) is 12.3. The highest BCUT2D eigenvalue weighted by Crippen LogP contribution is 2.17. The van der Waals surface area contributed by atoms with Crippen molar-refractivity contribution in [3.8, 4) is 5.75 Å². The Hall–Kier alpha value is -1.55. The predicted octanol–water partition coefficient (Wildman–Crippen LogP) is 1.99. The third-order valence-electron chi connectivity index (χ3n) is 2.89. The lowest BCUT2D eigenvalue weighted by Gasteiger charge is -2.21. The second-order valence-corrected chi connectivity index (χ2v) is 4.63. The number of carbonyl (C=O) groups excluding carboxylic acids is 1. The highest BCUT2D eigenvalue weighted by atomic mass is 16.5. The van der Waals surface area contributed by atoms with E-state index in [1.807, 2.05) is 13.8 Å². The highest BCUT2D eigenvalue weighted by molar-refractivity contribution is 5.77. The Morgan fingerprint density at radius 1 is 1.28 bits per heavy atom. The van der Waals surface area contributed by atoms with Crippen molar-refractivity contribution in [2.24, 2.45) is 0 Å². The number of benzene rings is 1. The lowest BCUT2D eigenvalue weighted by atomic mass is 10.1. The van der Waals surface area contributed by atoms with Crippen LogP contribution < -0.4 is 4.74 Å². The van der Waals surface area contributed by atoms with Crippen molar-refractivity contribution in [2.75, 3.05) is 13.7 Å². The van der Waals surface area contributed by atoms with Gasteiger partial charge in [-0.05, 0) is 38.5 Å². The van der Waals surface area contributed by atoms with Gasteiger partial charge in [-0.25, -0.2) is 0 Å². The minimum Gasteiger partial charge on any atom is -0.484 e. The standard InChI is InChI=1S/C14H21NO3/c1-10(2)15(4)14(17)9-18-13-7-5-12(6-8-13)11(3)16/h5-8,10-11,16H,9H2,1-4H3/t11-/m1/s1. The lowest BCUT2D eigenvalue weighted by Crippen LogP contribution is -2.36. The van der Waals surface area contributed by atoms with Crippen LogP contribution in [0, 0.1) is 0 Å². The second-order valence-electron chi connectivity index (χ2n) is 4.63. The van der Waals surface area contributed by atoms with Crippen LogP contribution in [0.5, 0.6) is 5.75 Å². The zero-order chi connectivity index (χ0) is 13.7. The van der Waals surface area contributed by atoms with E-state index in [1.54, 1.807) is 43.1 Å². The van der Waals surface area contributed by atoms with E-state index in [1.165, 1.54) is 0 Å². The monoisotopic (exact) mass is 251 g/mol. The molecule has 1 amide bonds. The first-order valence-electron chi connectivity index (χ1n) is 6.08. The topological polar surface area (TPSA) is 49.8 Å². The van der Waals surface area contributed by atoms with Crippen LogP contribution in [0.15, 0.2) is 24.3 Å². The number of likely N-dealkylation sites (N-methyl/N-ethyl adjacent to an activating group) is 1. The van der Waals surface area contributed by atoms with Gasteiger partial charge in [0.15, 0.2) is 6.61 Å². The molecule has 0 aliphatic heterocycles. The van der Waals surface area contributed by atoms with E-state index in [2.05, 4.69) is 0 Å². The molecule has 0 radical (unpaired) electrons. The number of nitrogens with zero attached hydrogens (tertiary/aromatic N) is 1. The number of aliphatic hydroxyl groups excluding tert-OH is 1. The SMILES string of the molecule is CC(C)N(C)C(=O)COc1ccc([C@@H](C)O)cc1. The maximum atomic E-state index is 11.7. The Kier molecular flexibility index (Phi) is 5.16. The molecule has 0 aliphatic rings. The average molecular weight is 251 g/mol. The van der Waals surface area contributed by atoms with Crippen LogP contribution in [0.2, 0.25) is 0 Å². The quantitative estimate of drug-likeness (QED) is 0.870. The van der Waals surface area contributed by atoms with Crippen LogP contribution in [0.25, 0.3) is 0 Å². The van der Waals surface area contributed by atoms with E-state index in [9.17, 15) is 9.90 Å². The van der Waals surface area contributed by atoms with Gasteiger partial charge in [-0.15, -0.1) is 0 Å². The molecule has 0 unspecified atom stereocenters. The Bertz CT molecular complexity index is 385. The minimum atomic E-state index is -0.493. The summed E-state index contributed by atoms with van der Waals surface area (Å²) in [7, 11) is 1.76. The predicted molar refractivity (Wildman–Crippen MR) is 70.5 cm³/mol. The first-order valence-corrected chi connectivity index (χ1v) is 6.08. The molecule has 0 spiro atoms. The fraction of sp³-hybridized carbons (Fsp3) is 0.500. The number of hydrogen-bond donors (Lipinski definition) is 1. The van der Waals surface area contributed by atoms with Crippen LogP contribution in [-0.2, 0) is 4.79 Å². The van der Waals surface area contributed by atoms with Gasteiger partial charge in [0.25, 0.3) is 5.91 Å². The van der Waals surface area contributed by atoms with Crippen LogP contribution >= 0.6 is 0 Å². The van der Waals surface area contributed by atoms with Gasteiger partial charge < -0.3 is 14.7 Å². The number of rotatable bonds is 5. The Labute approximate surface area is 108 Å². The molecule has 4 nitrogen and oxygen atoms in total. The molecule has 4 heteroatoms. The molecule has 0 aromatic heterocycles. The molecule has 18 heavy (non-hydrogen) atoms. The van der Waals surface area contributed by atoms with E-state index in [0.29, 0.717) is 5.75 Å². The fourth-order valence-corrected chi connectivity index (χ4v) is 1.38. The summed E-state index contributed by atoms with van der Waals surface area (Å²) in [4.78, 5) is 13.3. The Balaban J connectivity index is 2.51. The third kappa shape index (κ3) is 4.04. The first-order chi connectivity index (χ1) is 8.41. The van der Waals surface area contributed by atoms with Gasteiger partial charge in [-0.1, -0.05) is 12.1 Å². The molecule has 1 N–H and O–H groups in total. The second kappa shape index (κ2) is 6.40. The van der Waals surface area contributed by atoms with Crippen molar-refractivity contribution in [2.45, 2.75) is 32.9 Å². The lowest BCUT2D eigenvalue weighted by molar-refractivity contribution is -0.133. The molecular weight excluding hydrogens is 230 g/mol. The molecule has 100 valence electrons. The average Bonchev–Trinajstić information content (AvgIpc) is 2.35. The molecule has 0 heterocycles. The molecule has 0 saturated carbocycles. The molecular formula is C14H21NO3. The third-order valence-corrected chi connectivity index (χ3v) is 2.89. The maximum absolute atomic E-state index is 11.7. The first kappa shape index (κ1) is 14.5. The summed E-state index contributed by atoms with van der Waals surface area (Å²) in [5, 5.41) is 9.36. The minimum absolute atomic E-state index is 0.0305. The van der Waals surface area contributed by atoms with Crippen LogP contribution in [0.3, 0.4) is 0 Å². The molecule has 0 aliphatic carbocycles. The van der Waals surface area contributed by atoms with Crippen molar-refractivity contribution in [1.82, 2.24) is 4.90 Å². The van der Waals surface area contributed by atoms with Gasteiger partial charge >= 0.3 is 0 Å². The molecule has 1 atom stereocenters. The van der Waals surface area contributed by atoms with Gasteiger partial charge in [-0.2, -0.15) is 0 Å². The number of ether oxygens (including phenoxy) is 1. The van der Waals surface area contributed by atoms with Gasteiger partial charge in [0.05, 0.1) is 6.10 Å². The number of aliphatic hydroxyl groups is 1. The van der Waals surface area contributed by atoms with E-state index >= 15 is 0 Å². The summed E-state index contributed by atoms with van der Waals surface area (Å²) in [6.45, 7) is 5.64. The zero-order valence-electron chi connectivity index (χ0n) is 11.4. The van der Waals surface area contributed by atoms with Crippen molar-refractivity contribution < 1.29 is 14.6 Å². The van der Waals surface area contributed by atoms with Crippen molar-refractivity contribution in [3.05, 3.63) is 29.8 Å². The molecule has 1 rings (SSSR count).